The maximum Gasteiger partial charge on any atom is 0.291 e. The smallest absolute Gasteiger partial charge is 0.291 e. The van der Waals surface area contributed by atoms with Crippen molar-refractivity contribution in [2.24, 2.45) is 5.73 Å². The van der Waals surface area contributed by atoms with Gasteiger partial charge in [0.25, 0.3) is 5.91 Å². The molecule has 3 N–H and O–H groups in total. The summed E-state index contributed by atoms with van der Waals surface area (Å²) in [5, 5.41) is 9.37. The third-order valence-electron chi connectivity index (χ3n) is 2.34. The highest BCUT2D eigenvalue weighted by Gasteiger charge is 2.42. The first-order chi connectivity index (χ1) is 7.37. The minimum atomic E-state index is -0.841. The normalized spacial score (nSPS) is 19.0. The molecule has 5 nitrogen and oxygen atoms in total. The van der Waals surface area contributed by atoms with E-state index in [2.05, 4.69) is 0 Å². The zero-order valence-electron chi connectivity index (χ0n) is 10.5. The Morgan fingerprint density at radius 1 is 1.44 bits per heavy atom. The number of Topliss-reactive ketones (excluding diaryl/α,β-unsaturated/α-hetero) is 1. The number of carbonyl (C=O) groups is 2. The number of nitrogens with two attached hydrogens (primary N) is 1. The van der Waals surface area contributed by atoms with Crippen LogP contribution in [0.4, 0.5) is 0 Å². The Morgan fingerprint density at radius 3 is 2.19 bits per heavy atom. The fourth-order valence-corrected chi connectivity index (χ4v) is 1.42. The third-order valence-corrected chi connectivity index (χ3v) is 2.34. The van der Waals surface area contributed by atoms with Gasteiger partial charge in [0, 0.05) is 0 Å². The summed E-state index contributed by atoms with van der Waals surface area (Å²) in [4.78, 5) is 24.0. The number of carbonyl (C=O) groups excluding carboxylic acids is 2. The molecule has 1 aliphatic heterocycles. The number of likely N-dealkylation sites (tertiary alicyclic amines) is 1. The van der Waals surface area contributed by atoms with Crippen molar-refractivity contribution in [3.63, 3.8) is 0 Å². The highest BCUT2D eigenvalue weighted by molar-refractivity contribution is 6.38. The van der Waals surface area contributed by atoms with Gasteiger partial charge in [0.1, 0.15) is 0 Å². The molecule has 0 aromatic carbocycles. The maximum absolute atomic E-state index is 11.4. The lowest BCUT2D eigenvalue weighted by Gasteiger charge is -2.43. The van der Waals surface area contributed by atoms with Crippen LogP contribution < -0.4 is 5.73 Å². The van der Waals surface area contributed by atoms with Crippen LogP contribution in [0.5, 0.6) is 0 Å². The molecule has 0 spiro atoms. The molecule has 5 heteroatoms. The van der Waals surface area contributed by atoms with Crippen LogP contribution in [-0.4, -0.2) is 46.4 Å². The molecule has 1 fully saturated rings. The predicted molar refractivity (Wildman–Crippen MR) is 61.8 cm³/mol. The van der Waals surface area contributed by atoms with Gasteiger partial charge in [-0.3, -0.25) is 9.59 Å². The van der Waals surface area contributed by atoms with Crippen molar-refractivity contribution in [1.29, 1.82) is 0 Å². The number of hydrogen-bond donors (Lipinski definition) is 2. The number of hydrogen-bond acceptors (Lipinski definition) is 4. The Morgan fingerprint density at radius 2 is 1.88 bits per heavy atom. The molecule has 0 aliphatic carbocycles. The number of ketones is 1. The minimum Gasteiger partial charge on any atom is -0.386 e. The van der Waals surface area contributed by atoms with Crippen LogP contribution in [-0.2, 0) is 9.59 Å². The first-order valence-electron chi connectivity index (χ1n) is 5.68. The lowest BCUT2D eigenvalue weighted by molar-refractivity contribution is -0.159. The van der Waals surface area contributed by atoms with Crippen LogP contribution in [0, 0.1) is 0 Å². The van der Waals surface area contributed by atoms with Gasteiger partial charge in [-0.15, -0.1) is 0 Å². The van der Waals surface area contributed by atoms with Gasteiger partial charge in [-0.2, -0.15) is 0 Å². The van der Waals surface area contributed by atoms with E-state index in [4.69, 9.17) is 5.73 Å². The number of amides is 1. The molecule has 94 valence electrons. The van der Waals surface area contributed by atoms with Gasteiger partial charge < -0.3 is 15.7 Å². The van der Waals surface area contributed by atoms with Gasteiger partial charge in [0.2, 0.25) is 5.78 Å². The Hall–Kier alpha value is -0.940. The summed E-state index contributed by atoms with van der Waals surface area (Å²) in [6.07, 6.45) is 0.453. The van der Waals surface area contributed by atoms with Crippen molar-refractivity contribution in [3.8, 4) is 0 Å². The van der Waals surface area contributed by atoms with Crippen molar-refractivity contribution in [2.75, 3.05) is 13.1 Å². The lowest BCUT2D eigenvalue weighted by atomic mass is 9.95. The molecule has 0 aromatic heterocycles. The van der Waals surface area contributed by atoms with E-state index in [1.165, 1.54) is 4.90 Å². The Labute approximate surface area is 96.6 Å². The summed E-state index contributed by atoms with van der Waals surface area (Å²) >= 11 is 0. The maximum atomic E-state index is 11.4. The van der Waals surface area contributed by atoms with E-state index < -0.39 is 23.3 Å². The first kappa shape index (κ1) is 15.1. The number of β-amino-alcohol motifs (C(OH)–C–C–N with tert-alkyl or cyclic N) is 1. The van der Waals surface area contributed by atoms with Gasteiger partial charge in [0.05, 0.1) is 24.7 Å². The van der Waals surface area contributed by atoms with Crippen molar-refractivity contribution >= 4 is 11.7 Å². The highest BCUT2D eigenvalue weighted by atomic mass is 16.3. The number of nitrogens with zero attached hydrogens (tertiary/aromatic N) is 1. The molecule has 0 aromatic rings. The fraction of sp³-hybridized carbons (Fsp3) is 0.818. The Kier molecular flexibility index (Phi) is 5.61. The number of aliphatic hydroxyl groups is 1. The molecule has 16 heavy (non-hydrogen) atoms. The molecule has 1 rings (SSSR count). The topological polar surface area (TPSA) is 83.6 Å². The van der Waals surface area contributed by atoms with Crippen molar-refractivity contribution < 1.29 is 14.7 Å². The van der Waals surface area contributed by atoms with E-state index in [0.29, 0.717) is 6.42 Å². The van der Waals surface area contributed by atoms with Crippen LogP contribution in [0.25, 0.3) is 0 Å². The second kappa shape index (κ2) is 5.96. The molecule has 0 saturated carbocycles. The van der Waals surface area contributed by atoms with E-state index in [1.54, 1.807) is 13.8 Å². The monoisotopic (exact) mass is 230 g/mol. The molecular weight excluding hydrogens is 208 g/mol. The Bertz CT molecular complexity index is 256. The van der Waals surface area contributed by atoms with E-state index >= 15 is 0 Å². The van der Waals surface area contributed by atoms with Crippen LogP contribution in [0.2, 0.25) is 0 Å². The summed E-state index contributed by atoms with van der Waals surface area (Å²) in [7, 11) is 0. The van der Waals surface area contributed by atoms with Crippen LogP contribution in [0.1, 0.15) is 34.1 Å². The van der Waals surface area contributed by atoms with E-state index in [0.717, 1.165) is 0 Å². The average molecular weight is 230 g/mol. The van der Waals surface area contributed by atoms with E-state index in [9.17, 15) is 14.7 Å². The summed E-state index contributed by atoms with van der Waals surface area (Å²) in [6.45, 7) is 7.81. The van der Waals surface area contributed by atoms with Gasteiger partial charge >= 0.3 is 0 Å². The standard InChI is InChI=1S/C9H16N2O3.C2H6/c1-3-6(10)7(12)8(13)11-4-9(2,14)5-11;1-2/h6,14H,3-5,10H2,1-2H3;1-2H3. The van der Waals surface area contributed by atoms with Crippen molar-refractivity contribution in [1.82, 2.24) is 4.90 Å². The highest BCUT2D eigenvalue weighted by Crippen LogP contribution is 2.19. The molecule has 0 bridgehead atoms. The minimum absolute atomic E-state index is 0.216. The molecule has 0 radical (unpaired) electrons. The van der Waals surface area contributed by atoms with Gasteiger partial charge in [-0.25, -0.2) is 0 Å². The van der Waals surface area contributed by atoms with Gasteiger partial charge in [-0.05, 0) is 13.3 Å². The zero-order chi connectivity index (χ0) is 12.9. The van der Waals surface area contributed by atoms with E-state index in [-0.39, 0.29) is 13.1 Å². The van der Waals surface area contributed by atoms with Gasteiger partial charge in [0.15, 0.2) is 0 Å². The van der Waals surface area contributed by atoms with Crippen LogP contribution in [0.15, 0.2) is 0 Å². The van der Waals surface area contributed by atoms with Crippen molar-refractivity contribution in [3.05, 3.63) is 0 Å². The summed E-state index contributed by atoms with van der Waals surface area (Å²) in [6, 6.07) is -0.715. The molecule has 1 amide bonds. The summed E-state index contributed by atoms with van der Waals surface area (Å²) < 4.78 is 0. The predicted octanol–water partition coefficient (Wildman–Crippen LogP) is -0.0878. The second-order valence-corrected chi connectivity index (χ2v) is 4.04. The van der Waals surface area contributed by atoms with Crippen molar-refractivity contribution in [2.45, 2.75) is 45.8 Å². The second-order valence-electron chi connectivity index (χ2n) is 4.04. The summed E-state index contributed by atoms with van der Waals surface area (Å²) in [5.74, 6) is -1.14. The lowest BCUT2D eigenvalue weighted by Crippen LogP contribution is -2.64. The molecular formula is C11H22N2O3. The molecule has 1 saturated heterocycles. The third kappa shape index (κ3) is 3.57. The average Bonchev–Trinajstić information content (AvgIpc) is 2.25. The quantitative estimate of drug-likeness (QED) is 0.664. The Balaban J connectivity index is 0.00000106. The first-order valence-corrected chi connectivity index (χ1v) is 5.68. The van der Waals surface area contributed by atoms with Gasteiger partial charge in [-0.1, -0.05) is 20.8 Å². The molecule has 1 heterocycles. The molecule has 1 atom stereocenters. The SMILES string of the molecule is CC.CCC(N)C(=O)C(=O)N1CC(C)(O)C1. The van der Waals surface area contributed by atoms with Crippen LogP contribution in [0.3, 0.4) is 0 Å². The largest absolute Gasteiger partial charge is 0.386 e. The van der Waals surface area contributed by atoms with Crippen LogP contribution >= 0.6 is 0 Å². The molecule has 1 aliphatic rings. The zero-order valence-corrected chi connectivity index (χ0v) is 10.5. The fourth-order valence-electron chi connectivity index (χ4n) is 1.42. The number of rotatable bonds is 3. The molecule has 1 unspecified atom stereocenters. The van der Waals surface area contributed by atoms with E-state index in [1.807, 2.05) is 13.8 Å². The summed E-state index contributed by atoms with van der Waals surface area (Å²) in [5.41, 5.74) is 4.60.